The Morgan fingerprint density at radius 3 is 2.64 bits per heavy atom. The topological polar surface area (TPSA) is 84.1 Å². The van der Waals surface area contributed by atoms with E-state index in [-0.39, 0.29) is 29.0 Å². The summed E-state index contributed by atoms with van der Waals surface area (Å²) in [6.45, 7) is -0.161. The average molecular weight is 434 g/mol. The first kappa shape index (κ1) is 18.8. The maximum Gasteiger partial charge on any atom is 0.264 e. The van der Waals surface area contributed by atoms with Gasteiger partial charge in [-0.1, -0.05) is 23.2 Å². The number of carbonyl (C=O) groups is 1. The number of aliphatic hydroxyl groups is 1. The fourth-order valence-electron chi connectivity index (χ4n) is 2.90. The van der Waals surface area contributed by atoms with Crippen molar-refractivity contribution in [1.29, 1.82) is 0 Å². The lowest BCUT2D eigenvalue weighted by Gasteiger charge is -2.22. The SMILES string of the molecule is O=C(c1c(Cl)ncnc1Cl)N(CCO)c1ccc2c(ccn2-c2nccs2)c1. The van der Waals surface area contributed by atoms with Gasteiger partial charge in [0.2, 0.25) is 0 Å². The monoisotopic (exact) mass is 433 g/mol. The first-order valence-corrected chi connectivity index (χ1v) is 9.83. The molecule has 0 fully saturated rings. The van der Waals surface area contributed by atoms with Gasteiger partial charge in [0.1, 0.15) is 22.2 Å². The number of amides is 1. The van der Waals surface area contributed by atoms with Crippen LogP contribution in [0, 0.1) is 0 Å². The molecule has 0 saturated heterocycles. The molecule has 0 aliphatic rings. The molecule has 0 aliphatic carbocycles. The molecule has 142 valence electrons. The number of benzene rings is 1. The molecule has 3 heterocycles. The number of halogens is 2. The number of carbonyl (C=O) groups excluding carboxylic acids is 1. The number of thiazole rings is 1. The van der Waals surface area contributed by atoms with Gasteiger partial charge in [-0.05, 0) is 24.3 Å². The van der Waals surface area contributed by atoms with Gasteiger partial charge in [0.15, 0.2) is 5.13 Å². The van der Waals surface area contributed by atoms with Gasteiger partial charge in [-0.15, -0.1) is 11.3 Å². The number of aromatic nitrogens is 4. The van der Waals surface area contributed by atoms with Gasteiger partial charge >= 0.3 is 0 Å². The minimum absolute atomic E-state index is 0.000244. The lowest BCUT2D eigenvalue weighted by Crippen LogP contribution is -2.34. The summed E-state index contributed by atoms with van der Waals surface area (Å²) in [7, 11) is 0. The summed E-state index contributed by atoms with van der Waals surface area (Å²) in [4.78, 5) is 26.4. The largest absolute Gasteiger partial charge is 0.395 e. The molecule has 0 spiro atoms. The highest BCUT2D eigenvalue weighted by Gasteiger charge is 2.24. The normalized spacial score (nSPS) is 11.1. The van der Waals surface area contributed by atoms with E-state index in [0.717, 1.165) is 16.0 Å². The molecular formula is C18H13Cl2N5O2S. The van der Waals surface area contributed by atoms with Crippen molar-refractivity contribution < 1.29 is 9.90 Å². The highest BCUT2D eigenvalue weighted by atomic mass is 35.5. The summed E-state index contributed by atoms with van der Waals surface area (Å²) in [5.74, 6) is -0.483. The predicted molar refractivity (Wildman–Crippen MR) is 110 cm³/mol. The molecule has 3 aromatic heterocycles. The Kier molecular flexibility index (Phi) is 5.27. The molecule has 0 bridgehead atoms. The van der Waals surface area contributed by atoms with E-state index in [1.807, 2.05) is 34.3 Å². The number of aliphatic hydroxyl groups excluding tert-OH is 1. The maximum atomic E-state index is 13.1. The van der Waals surface area contributed by atoms with E-state index < -0.39 is 5.91 Å². The Labute approximate surface area is 173 Å². The lowest BCUT2D eigenvalue weighted by atomic mass is 10.2. The first-order chi connectivity index (χ1) is 13.6. The number of hydrogen-bond acceptors (Lipinski definition) is 6. The van der Waals surface area contributed by atoms with E-state index >= 15 is 0 Å². The Balaban J connectivity index is 1.76. The Morgan fingerprint density at radius 1 is 1.18 bits per heavy atom. The standard InChI is InChI=1S/C18H13Cl2N5O2S/c19-15-14(16(20)23-10-22-15)17(27)24(6-7-26)12-1-2-13-11(9-12)3-5-25(13)18-21-4-8-28-18/h1-5,8-10,26H,6-7H2. The van der Waals surface area contributed by atoms with Crippen LogP contribution in [0.25, 0.3) is 16.0 Å². The third kappa shape index (κ3) is 3.35. The van der Waals surface area contributed by atoms with Crippen LogP contribution in [0.15, 0.2) is 48.4 Å². The second-order valence-electron chi connectivity index (χ2n) is 5.75. The van der Waals surface area contributed by atoms with Gasteiger partial charge < -0.3 is 10.0 Å². The molecule has 10 heteroatoms. The van der Waals surface area contributed by atoms with Crippen LogP contribution < -0.4 is 4.90 Å². The van der Waals surface area contributed by atoms with Gasteiger partial charge in [0.25, 0.3) is 5.91 Å². The quantitative estimate of drug-likeness (QED) is 0.483. The molecule has 0 radical (unpaired) electrons. The Hall–Kier alpha value is -2.52. The molecule has 1 N–H and O–H groups in total. The van der Waals surface area contributed by atoms with Crippen molar-refractivity contribution >= 4 is 57.0 Å². The number of fused-ring (bicyclic) bond motifs is 1. The summed E-state index contributed by atoms with van der Waals surface area (Å²) in [5, 5.41) is 13.1. The fourth-order valence-corrected chi connectivity index (χ4v) is 4.02. The molecule has 0 aliphatic heterocycles. The highest BCUT2D eigenvalue weighted by Crippen LogP contribution is 2.29. The highest BCUT2D eigenvalue weighted by molar-refractivity contribution is 7.12. The smallest absolute Gasteiger partial charge is 0.264 e. The van der Waals surface area contributed by atoms with Crippen LogP contribution in [-0.2, 0) is 0 Å². The third-order valence-corrected chi connectivity index (χ3v) is 5.49. The summed E-state index contributed by atoms with van der Waals surface area (Å²) < 4.78 is 1.97. The van der Waals surface area contributed by atoms with Gasteiger partial charge in [0, 0.05) is 35.4 Å². The van der Waals surface area contributed by atoms with Crippen LogP contribution in [0.5, 0.6) is 0 Å². The first-order valence-electron chi connectivity index (χ1n) is 8.20. The molecule has 7 nitrogen and oxygen atoms in total. The molecule has 4 rings (SSSR count). The van der Waals surface area contributed by atoms with E-state index in [1.165, 1.54) is 22.6 Å². The average Bonchev–Trinajstić information content (AvgIpc) is 3.34. The number of anilines is 1. The van der Waals surface area contributed by atoms with Gasteiger partial charge in [-0.25, -0.2) is 15.0 Å². The molecule has 0 atom stereocenters. The van der Waals surface area contributed by atoms with Crippen molar-refractivity contribution in [3.8, 4) is 5.13 Å². The summed E-state index contributed by atoms with van der Waals surface area (Å²) in [5.41, 5.74) is 1.55. The van der Waals surface area contributed by atoms with Crippen LogP contribution in [0.3, 0.4) is 0 Å². The predicted octanol–water partition coefficient (Wildman–Crippen LogP) is 3.82. The number of nitrogens with zero attached hydrogens (tertiary/aromatic N) is 5. The van der Waals surface area contributed by atoms with Crippen molar-refractivity contribution in [2.24, 2.45) is 0 Å². The molecule has 0 unspecified atom stereocenters. The number of rotatable bonds is 5. The summed E-state index contributed by atoms with van der Waals surface area (Å²) in [6.07, 6.45) is 4.85. The zero-order valence-electron chi connectivity index (χ0n) is 14.3. The van der Waals surface area contributed by atoms with Crippen LogP contribution in [0.1, 0.15) is 10.4 Å². The molecule has 1 aromatic carbocycles. The zero-order valence-corrected chi connectivity index (χ0v) is 16.6. The minimum Gasteiger partial charge on any atom is -0.395 e. The van der Waals surface area contributed by atoms with Gasteiger partial charge in [-0.3, -0.25) is 9.36 Å². The Bertz CT molecular complexity index is 1130. The summed E-state index contributed by atoms with van der Waals surface area (Å²) >= 11 is 13.6. The van der Waals surface area contributed by atoms with Gasteiger partial charge in [0.05, 0.1) is 12.1 Å². The van der Waals surface area contributed by atoms with E-state index in [2.05, 4.69) is 15.0 Å². The Morgan fingerprint density at radius 2 is 1.96 bits per heavy atom. The van der Waals surface area contributed by atoms with Crippen molar-refractivity contribution in [3.63, 3.8) is 0 Å². The summed E-state index contributed by atoms with van der Waals surface area (Å²) in [6, 6.07) is 7.49. The molecule has 4 aromatic rings. The van der Waals surface area contributed by atoms with E-state index in [9.17, 15) is 9.90 Å². The minimum atomic E-state index is -0.483. The van der Waals surface area contributed by atoms with E-state index in [4.69, 9.17) is 23.2 Å². The van der Waals surface area contributed by atoms with Gasteiger partial charge in [-0.2, -0.15) is 0 Å². The van der Waals surface area contributed by atoms with E-state index in [0.29, 0.717) is 5.69 Å². The fraction of sp³-hybridized carbons (Fsp3) is 0.111. The van der Waals surface area contributed by atoms with Crippen molar-refractivity contribution in [1.82, 2.24) is 19.5 Å². The van der Waals surface area contributed by atoms with Crippen molar-refractivity contribution in [3.05, 3.63) is 64.2 Å². The lowest BCUT2D eigenvalue weighted by molar-refractivity contribution is 0.0980. The third-order valence-electron chi connectivity index (χ3n) is 4.15. The van der Waals surface area contributed by atoms with Crippen LogP contribution >= 0.6 is 34.5 Å². The van der Waals surface area contributed by atoms with Crippen molar-refractivity contribution in [2.75, 3.05) is 18.1 Å². The van der Waals surface area contributed by atoms with Crippen molar-refractivity contribution in [2.45, 2.75) is 0 Å². The second kappa shape index (κ2) is 7.84. The molecule has 0 saturated carbocycles. The van der Waals surface area contributed by atoms with Crippen LogP contribution in [0.2, 0.25) is 10.3 Å². The molecular weight excluding hydrogens is 421 g/mol. The number of hydrogen-bond donors (Lipinski definition) is 1. The van der Waals surface area contributed by atoms with Crippen LogP contribution in [0.4, 0.5) is 5.69 Å². The van der Waals surface area contributed by atoms with Crippen LogP contribution in [-0.4, -0.2) is 43.7 Å². The van der Waals surface area contributed by atoms with E-state index in [1.54, 1.807) is 12.3 Å². The molecule has 1 amide bonds. The molecule has 28 heavy (non-hydrogen) atoms. The zero-order chi connectivity index (χ0) is 19.7. The second-order valence-corrected chi connectivity index (χ2v) is 7.34. The maximum absolute atomic E-state index is 13.1.